The van der Waals surface area contributed by atoms with Crippen LogP contribution in [0, 0.1) is 0 Å². The maximum Gasteiger partial charge on any atom is 0.301 e. The van der Waals surface area contributed by atoms with Gasteiger partial charge in [0.25, 0.3) is 5.91 Å². The van der Waals surface area contributed by atoms with Crippen molar-refractivity contribution in [2.75, 3.05) is 12.8 Å². The molecule has 0 fully saturated rings. The standard InChI is InChI=1S/C20H19ClF2N6O3S/c1-33(32)16(12-6-2-4-8-25-12)20(18(31)28-17(21)13(29-20)10-15(24)30)27-11-19(22,23)14-7-3-5-9-26-14/h2-9,16,27H,10-11H2,1H3,(H2,24,30). The number of pyridine rings is 2. The number of halogens is 3. The maximum absolute atomic E-state index is 14.9. The van der Waals surface area contributed by atoms with E-state index in [4.69, 9.17) is 17.3 Å². The van der Waals surface area contributed by atoms with Crippen LogP contribution in [0.25, 0.3) is 0 Å². The number of hydrogen-bond acceptors (Lipinski definition) is 7. The van der Waals surface area contributed by atoms with E-state index in [1.165, 1.54) is 36.8 Å². The Labute approximate surface area is 195 Å². The fourth-order valence-electron chi connectivity index (χ4n) is 3.27. The molecule has 0 saturated carbocycles. The number of primary amides is 1. The molecule has 13 heteroatoms. The Morgan fingerprint density at radius 2 is 1.94 bits per heavy atom. The van der Waals surface area contributed by atoms with E-state index in [-0.39, 0.29) is 11.4 Å². The van der Waals surface area contributed by atoms with Gasteiger partial charge in [-0.05, 0) is 35.4 Å². The van der Waals surface area contributed by atoms with Gasteiger partial charge in [-0.25, -0.2) is 4.99 Å². The number of carbonyl (C=O) groups is 2. The number of nitrogens with one attached hydrogen (secondary N) is 1. The number of rotatable bonds is 9. The Balaban J connectivity index is 2.13. The average molecular weight is 497 g/mol. The summed E-state index contributed by atoms with van der Waals surface area (Å²) in [6.07, 6.45) is 3.36. The van der Waals surface area contributed by atoms with Crippen LogP contribution in [0.4, 0.5) is 8.78 Å². The van der Waals surface area contributed by atoms with Gasteiger partial charge in [0, 0.05) is 12.4 Å². The molecule has 9 nitrogen and oxygen atoms in total. The first-order chi connectivity index (χ1) is 15.6. The summed E-state index contributed by atoms with van der Waals surface area (Å²) >= 11 is 4.11. The highest BCUT2D eigenvalue weighted by Gasteiger charge is 2.56. The van der Waals surface area contributed by atoms with E-state index in [0.29, 0.717) is 0 Å². The molecule has 3 N–H and O–H groups in total. The van der Waals surface area contributed by atoms with Crippen molar-refractivity contribution in [3.8, 4) is 0 Å². The van der Waals surface area contributed by atoms with Crippen LogP contribution in [0.5, 0.6) is 0 Å². The number of nitrogens with two attached hydrogens (primary N) is 1. The molecule has 2 amide bonds. The highest BCUT2D eigenvalue weighted by atomic mass is 35.5. The van der Waals surface area contributed by atoms with E-state index in [0.717, 1.165) is 6.07 Å². The monoisotopic (exact) mass is 496 g/mol. The number of amides is 2. The van der Waals surface area contributed by atoms with Gasteiger partial charge >= 0.3 is 5.92 Å². The van der Waals surface area contributed by atoms with Gasteiger partial charge < -0.3 is 10.3 Å². The zero-order chi connectivity index (χ0) is 24.2. The summed E-state index contributed by atoms with van der Waals surface area (Å²) in [6.45, 7) is -1.11. The van der Waals surface area contributed by atoms with Gasteiger partial charge in [0.15, 0.2) is 5.17 Å². The largest absolute Gasteiger partial charge is 0.616 e. The van der Waals surface area contributed by atoms with Crippen LogP contribution >= 0.6 is 11.6 Å². The number of hydrogen-bond donors (Lipinski definition) is 2. The summed E-state index contributed by atoms with van der Waals surface area (Å²) in [4.78, 5) is 40.4. The first-order valence-electron chi connectivity index (χ1n) is 9.50. The fraction of sp³-hybridized carbons (Fsp3) is 0.300. The summed E-state index contributed by atoms with van der Waals surface area (Å²) in [5, 5.41) is 0.696. The molecule has 0 aromatic carbocycles. The third-order valence-electron chi connectivity index (χ3n) is 4.70. The van der Waals surface area contributed by atoms with E-state index in [1.54, 1.807) is 12.1 Å². The van der Waals surface area contributed by atoms with Gasteiger partial charge in [-0.15, -0.1) is 0 Å². The lowest BCUT2D eigenvalue weighted by molar-refractivity contribution is -0.125. The Bertz CT molecular complexity index is 1090. The normalized spacial score (nSPS) is 20.6. The number of aliphatic imine (C=N–C) groups is 2. The van der Waals surface area contributed by atoms with Crippen LogP contribution in [0.1, 0.15) is 23.1 Å². The van der Waals surface area contributed by atoms with Crippen molar-refractivity contribution in [3.05, 3.63) is 60.2 Å². The lowest BCUT2D eigenvalue weighted by Gasteiger charge is -2.37. The van der Waals surface area contributed by atoms with Crippen LogP contribution in [0.2, 0.25) is 0 Å². The molecule has 1 aliphatic heterocycles. The Hall–Kier alpha value is -2.80. The zero-order valence-electron chi connectivity index (χ0n) is 17.2. The number of carbonyl (C=O) groups excluding carboxylic acids is 2. The summed E-state index contributed by atoms with van der Waals surface area (Å²) in [5.41, 5.74) is 2.32. The third kappa shape index (κ3) is 5.41. The quantitative estimate of drug-likeness (QED) is 0.503. The van der Waals surface area contributed by atoms with Crippen molar-refractivity contribution in [1.82, 2.24) is 15.3 Å². The highest BCUT2D eigenvalue weighted by molar-refractivity contribution is 7.91. The summed E-state index contributed by atoms with van der Waals surface area (Å²) in [5.74, 6) is -5.44. The average Bonchev–Trinajstić information content (AvgIpc) is 2.77. The summed E-state index contributed by atoms with van der Waals surface area (Å²) in [6, 6.07) is 8.64. The van der Waals surface area contributed by atoms with Gasteiger partial charge in [-0.3, -0.25) is 24.9 Å². The zero-order valence-corrected chi connectivity index (χ0v) is 18.8. The van der Waals surface area contributed by atoms with Gasteiger partial charge in [-0.1, -0.05) is 23.7 Å². The van der Waals surface area contributed by atoms with E-state index < -0.39 is 63.7 Å². The number of aromatic nitrogens is 2. The second kappa shape index (κ2) is 10.00. The van der Waals surface area contributed by atoms with E-state index >= 15 is 0 Å². The fourth-order valence-corrected chi connectivity index (χ4v) is 4.66. The predicted molar refractivity (Wildman–Crippen MR) is 119 cm³/mol. The number of nitrogens with zero attached hydrogens (tertiary/aromatic N) is 4. The van der Waals surface area contributed by atoms with Crippen LogP contribution in [-0.2, 0) is 26.7 Å². The lowest BCUT2D eigenvalue weighted by Crippen LogP contribution is -2.60. The minimum absolute atomic E-state index is 0.135. The maximum atomic E-state index is 14.9. The summed E-state index contributed by atoms with van der Waals surface area (Å²) in [7, 11) is 0. The Morgan fingerprint density at radius 3 is 2.48 bits per heavy atom. The first-order valence-corrected chi connectivity index (χ1v) is 11.5. The van der Waals surface area contributed by atoms with Crippen molar-refractivity contribution in [2.24, 2.45) is 15.7 Å². The van der Waals surface area contributed by atoms with Crippen molar-refractivity contribution in [2.45, 2.75) is 23.3 Å². The molecule has 3 unspecified atom stereocenters. The van der Waals surface area contributed by atoms with Gasteiger partial charge in [-0.2, -0.15) is 13.8 Å². The Morgan fingerprint density at radius 1 is 1.27 bits per heavy atom. The molecule has 3 heterocycles. The lowest BCUT2D eigenvalue weighted by atomic mass is 9.98. The van der Waals surface area contributed by atoms with E-state index in [1.807, 2.05) is 0 Å². The second-order valence-electron chi connectivity index (χ2n) is 7.08. The minimum Gasteiger partial charge on any atom is -0.616 e. The first kappa shape index (κ1) is 24.8. The molecule has 0 spiro atoms. The molecule has 174 valence electrons. The Kier molecular flexibility index (Phi) is 7.52. The van der Waals surface area contributed by atoms with E-state index in [9.17, 15) is 22.9 Å². The minimum atomic E-state index is -3.54. The van der Waals surface area contributed by atoms with Gasteiger partial charge in [0.05, 0.1) is 30.6 Å². The topological polar surface area (TPSA) is 146 Å². The highest BCUT2D eigenvalue weighted by Crippen LogP contribution is 2.38. The predicted octanol–water partition coefficient (Wildman–Crippen LogP) is 1.47. The van der Waals surface area contributed by atoms with Crippen molar-refractivity contribution >= 4 is 45.5 Å². The molecule has 33 heavy (non-hydrogen) atoms. The van der Waals surface area contributed by atoms with Crippen molar-refractivity contribution < 1.29 is 22.9 Å². The molecular weight excluding hydrogens is 478 g/mol. The number of alkyl halides is 2. The SMILES string of the molecule is C[S+]([O-])C(c1ccccn1)C1(NCC(F)(F)c2ccccn2)N=C(CC(N)=O)C(Cl)=NC1=O. The molecule has 0 radical (unpaired) electrons. The molecule has 3 rings (SSSR count). The smallest absolute Gasteiger partial charge is 0.301 e. The molecule has 0 bridgehead atoms. The van der Waals surface area contributed by atoms with Crippen molar-refractivity contribution in [1.29, 1.82) is 0 Å². The van der Waals surface area contributed by atoms with Crippen molar-refractivity contribution in [3.63, 3.8) is 0 Å². The van der Waals surface area contributed by atoms with Crippen LogP contribution in [0.15, 0.2) is 58.8 Å². The van der Waals surface area contributed by atoms with Gasteiger partial charge in [0.1, 0.15) is 5.69 Å². The molecular formula is C20H19ClF2N6O3S. The second-order valence-corrected chi connectivity index (χ2v) is 8.91. The van der Waals surface area contributed by atoms with Gasteiger partial charge in [0.2, 0.25) is 16.8 Å². The van der Waals surface area contributed by atoms with Crippen LogP contribution < -0.4 is 11.1 Å². The molecule has 3 atom stereocenters. The molecule has 2 aromatic rings. The summed E-state index contributed by atoms with van der Waals surface area (Å²) < 4.78 is 42.7. The molecule has 0 aliphatic carbocycles. The molecule has 1 aliphatic rings. The van der Waals surface area contributed by atoms with Crippen LogP contribution in [-0.4, -0.2) is 55.7 Å². The van der Waals surface area contributed by atoms with E-state index in [2.05, 4.69) is 25.3 Å². The third-order valence-corrected chi connectivity index (χ3v) is 6.25. The van der Waals surface area contributed by atoms with Crippen LogP contribution in [0.3, 0.4) is 0 Å². The molecule has 0 saturated heterocycles. The molecule has 2 aromatic heterocycles.